The van der Waals surface area contributed by atoms with Crippen LogP contribution in [-0.2, 0) is 9.59 Å². The Morgan fingerprint density at radius 1 is 1.29 bits per heavy atom. The fourth-order valence-corrected chi connectivity index (χ4v) is 1.74. The molecule has 0 amide bonds. The van der Waals surface area contributed by atoms with Crippen molar-refractivity contribution in [2.45, 2.75) is 32.8 Å². The number of carbonyl (C=O) groups excluding carboxylic acids is 2. The van der Waals surface area contributed by atoms with Crippen molar-refractivity contribution in [2.75, 3.05) is 0 Å². The third kappa shape index (κ3) is 5.27. The SMILES string of the molecule is CC(=O)/C(=C/c1ccc([N+](=O)[O-])cc1)CCC(O)C(C)=O. The monoisotopic (exact) mass is 291 g/mol. The van der Waals surface area contributed by atoms with E-state index in [0.29, 0.717) is 11.1 Å². The molecule has 0 spiro atoms. The van der Waals surface area contributed by atoms with E-state index in [1.807, 2.05) is 0 Å². The van der Waals surface area contributed by atoms with E-state index in [0.717, 1.165) is 0 Å². The Labute approximate surface area is 122 Å². The van der Waals surface area contributed by atoms with E-state index in [-0.39, 0.29) is 30.1 Å². The number of nitrogens with zero attached hydrogens (tertiary/aromatic N) is 1. The number of hydrogen-bond donors (Lipinski definition) is 1. The summed E-state index contributed by atoms with van der Waals surface area (Å²) in [7, 11) is 0. The average molecular weight is 291 g/mol. The van der Waals surface area contributed by atoms with Crippen LogP contribution in [0.2, 0.25) is 0 Å². The molecule has 0 aliphatic rings. The number of non-ortho nitro benzene ring substituents is 1. The fraction of sp³-hybridized carbons (Fsp3) is 0.333. The molecule has 0 radical (unpaired) electrons. The van der Waals surface area contributed by atoms with Gasteiger partial charge in [-0.25, -0.2) is 0 Å². The number of nitro groups is 1. The topological polar surface area (TPSA) is 97.5 Å². The van der Waals surface area contributed by atoms with E-state index in [1.165, 1.54) is 26.0 Å². The van der Waals surface area contributed by atoms with Crippen LogP contribution in [0.4, 0.5) is 5.69 Å². The van der Waals surface area contributed by atoms with Crippen molar-refractivity contribution in [1.82, 2.24) is 0 Å². The van der Waals surface area contributed by atoms with Crippen LogP contribution < -0.4 is 0 Å². The molecule has 0 saturated heterocycles. The van der Waals surface area contributed by atoms with Crippen molar-refractivity contribution in [3.63, 3.8) is 0 Å². The maximum atomic E-state index is 11.6. The molecule has 0 fully saturated rings. The third-order valence-corrected chi connectivity index (χ3v) is 3.05. The summed E-state index contributed by atoms with van der Waals surface area (Å²) in [6.45, 7) is 2.69. The van der Waals surface area contributed by atoms with Crippen LogP contribution in [0, 0.1) is 10.1 Å². The summed E-state index contributed by atoms with van der Waals surface area (Å²) in [6.07, 6.45) is 0.976. The average Bonchev–Trinajstić information content (AvgIpc) is 2.42. The van der Waals surface area contributed by atoms with Gasteiger partial charge in [0.25, 0.3) is 5.69 Å². The number of ketones is 2. The molecule has 1 aromatic rings. The lowest BCUT2D eigenvalue weighted by Crippen LogP contribution is -2.17. The van der Waals surface area contributed by atoms with Gasteiger partial charge in [0.2, 0.25) is 0 Å². The maximum absolute atomic E-state index is 11.6. The highest BCUT2D eigenvalue weighted by atomic mass is 16.6. The Balaban J connectivity index is 2.86. The standard InChI is InChI=1S/C15H17NO5/c1-10(17)13(5-8-15(19)11(2)18)9-12-3-6-14(7-4-12)16(20)21/h3-4,6-7,9,15,19H,5,8H2,1-2H3/b13-9+. The predicted octanol–water partition coefficient (Wildman–Crippen LogP) is 2.30. The molecule has 6 heteroatoms. The molecule has 0 aromatic heterocycles. The Morgan fingerprint density at radius 2 is 1.86 bits per heavy atom. The van der Waals surface area contributed by atoms with Crippen LogP contribution in [0.15, 0.2) is 29.8 Å². The van der Waals surface area contributed by atoms with Gasteiger partial charge in [0, 0.05) is 12.1 Å². The minimum Gasteiger partial charge on any atom is -0.385 e. The van der Waals surface area contributed by atoms with Gasteiger partial charge < -0.3 is 5.11 Å². The highest BCUT2D eigenvalue weighted by Crippen LogP contribution is 2.17. The molecule has 1 unspecified atom stereocenters. The van der Waals surface area contributed by atoms with Crippen molar-refractivity contribution < 1.29 is 19.6 Å². The minimum atomic E-state index is -1.08. The number of rotatable bonds is 7. The number of carbonyl (C=O) groups is 2. The number of nitro benzene ring substituents is 1. The van der Waals surface area contributed by atoms with Crippen molar-refractivity contribution in [3.05, 3.63) is 45.5 Å². The van der Waals surface area contributed by atoms with Crippen LogP contribution in [0.1, 0.15) is 32.3 Å². The Hall–Kier alpha value is -2.34. The molecule has 0 aliphatic carbocycles. The second kappa shape index (κ2) is 7.44. The quantitative estimate of drug-likeness (QED) is 0.472. The Bertz CT molecular complexity index is 574. The normalized spacial score (nSPS) is 12.8. The lowest BCUT2D eigenvalue weighted by atomic mass is 10.00. The van der Waals surface area contributed by atoms with E-state index in [4.69, 9.17) is 0 Å². The van der Waals surface area contributed by atoms with Crippen molar-refractivity contribution >= 4 is 23.3 Å². The van der Waals surface area contributed by atoms with Gasteiger partial charge in [-0.1, -0.05) is 0 Å². The largest absolute Gasteiger partial charge is 0.385 e. The zero-order chi connectivity index (χ0) is 16.0. The lowest BCUT2D eigenvalue weighted by molar-refractivity contribution is -0.384. The molecule has 6 nitrogen and oxygen atoms in total. The zero-order valence-electron chi connectivity index (χ0n) is 11.9. The molecule has 0 bridgehead atoms. The molecular formula is C15H17NO5. The molecule has 0 aliphatic heterocycles. The highest BCUT2D eigenvalue weighted by Gasteiger charge is 2.13. The predicted molar refractivity (Wildman–Crippen MR) is 77.7 cm³/mol. The summed E-state index contributed by atoms with van der Waals surface area (Å²) in [5, 5.41) is 20.0. The number of aliphatic hydroxyl groups excluding tert-OH is 1. The molecule has 1 atom stereocenters. The molecule has 1 aromatic carbocycles. The molecule has 0 heterocycles. The first-order chi connectivity index (χ1) is 9.81. The summed E-state index contributed by atoms with van der Waals surface area (Å²) >= 11 is 0. The minimum absolute atomic E-state index is 0.0245. The first-order valence-corrected chi connectivity index (χ1v) is 6.45. The summed E-state index contributed by atoms with van der Waals surface area (Å²) in [5.41, 5.74) is 1.09. The van der Waals surface area contributed by atoms with Crippen LogP contribution in [0.25, 0.3) is 6.08 Å². The van der Waals surface area contributed by atoms with Gasteiger partial charge in [-0.3, -0.25) is 19.7 Å². The molecule has 112 valence electrons. The number of allylic oxidation sites excluding steroid dienone is 1. The summed E-state index contributed by atoms with van der Waals surface area (Å²) < 4.78 is 0. The van der Waals surface area contributed by atoms with Gasteiger partial charge in [0.15, 0.2) is 11.6 Å². The zero-order valence-corrected chi connectivity index (χ0v) is 11.9. The number of hydrogen-bond acceptors (Lipinski definition) is 5. The van der Waals surface area contributed by atoms with Crippen molar-refractivity contribution in [3.8, 4) is 0 Å². The van der Waals surface area contributed by atoms with Crippen molar-refractivity contribution in [2.24, 2.45) is 0 Å². The number of benzene rings is 1. The van der Waals surface area contributed by atoms with Gasteiger partial charge in [-0.15, -0.1) is 0 Å². The Kier molecular flexibility index (Phi) is 5.92. The van der Waals surface area contributed by atoms with Gasteiger partial charge in [0.05, 0.1) is 4.92 Å². The first kappa shape index (κ1) is 16.7. The van der Waals surface area contributed by atoms with Crippen LogP contribution >= 0.6 is 0 Å². The highest BCUT2D eigenvalue weighted by molar-refractivity contribution is 5.97. The number of Topliss-reactive ketones (excluding diaryl/α,β-unsaturated/α-hetero) is 2. The van der Waals surface area contributed by atoms with E-state index in [2.05, 4.69) is 0 Å². The van der Waals surface area contributed by atoms with E-state index >= 15 is 0 Å². The first-order valence-electron chi connectivity index (χ1n) is 6.45. The fourth-order valence-electron chi connectivity index (χ4n) is 1.74. The smallest absolute Gasteiger partial charge is 0.269 e. The third-order valence-electron chi connectivity index (χ3n) is 3.05. The van der Waals surface area contributed by atoms with Gasteiger partial charge >= 0.3 is 0 Å². The summed E-state index contributed by atoms with van der Waals surface area (Å²) in [5.74, 6) is -0.502. The van der Waals surface area contributed by atoms with Crippen LogP contribution in [0.3, 0.4) is 0 Å². The van der Waals surface area contributed by atoms with Crippen molar-refractivity contribution in [1.29, 1.82) is 0 Å². The second-order valence-electron chi connectivity index (χ2n) is 4.74. The molecule has 0 saturated carbocycles. The van der Waals surface area contributed by atoms with Crippen LogP contribution in [0.5, 0.6) is 0 Å². The van der Waals surface area contributed by atoms with Gasteiger partial charge in [0.1, 0.15) is 6.10 Å². The van der Waals surface area contributed by atoms with Crippen LogP contribution in [-0.4, -0.2) is 27.7 Å². The molecule has 1 N–H and O–H groups in total. The lowest BCUT2D eigenvalue weighted by Gasteiger charge is -2.08. The molecular weight excluding hydrogens is 274 g/mol. The van der Waals surface area contributed by atoms with Gasteiger partial charge in [-0.05, 0) is 56.0 Å². The summed E-state index contributed by atoms with van der Waals surface area (Å²) in [4.78, 5) is 32.6. The Morgan fingerprint density at radius 3 is 2.29 bits per heavy atom. The molecule has 21 heavy (non-hydrogen) atoms. The summed E-state index contributed by atoms with van der Waals surface area (Å²) in [6, 6.07) is 5.80. The number of aliphatic hydroxyl groups is 1. The second-order valence-corrected chi connectivity index (χ2v) is 4.74. The van der Waals surface area contributed by atoms with Gasteiger partial charge in [-0.2, -0.15) is 0 Å². The van der Waals surface area contributed by atoms with E-state index in [1.54, 1.807) is 18.2 Å². The van der Waals surface area contributed by atoms with E-state index < -0.39 is 11.0 Å². The maximum Gasteiger partial charge on any atom is 0.269 e. The van der Waals surface area contributed by atoms with E-state index in [9.17, 15) is 24.8 Å². The molecule has 1 rings (SSSR count).